The van der Waals surface area contributed by atoms with E-state index in [1.165, 1.54) is 6.07 Å². The molecule has 0 amide bonds. The van der Waals surface area contributed by atoms with Gasteiger partial charge in [0.1, 0.15) is 11.9 Å². The van der Waals surface area contributed by atoms with Crippen molar-refractivity contribution in [2.45, 2.75) is 6.10 Å². The normalized spacial score (nSPS) is 10.3. The molecule has 1 unspecified atom stereocenters. The second-order valence-corrected chi connectivity index (χ2v) is 5.60. The summed E-state index contributed by atoms with van der Waals surface area (Å²) in [5, 5.41) is 10.3. The molecule has 0 saturated carbocycles. The van der Waals surface area contributed by atoms with Crippen LogP contribution in [0.15, 0.2) is 78.9 Å². The molecule has 0 bridgehead atoms. The number of rotatable bonds is 1. The molecule has 0 radical (unpaired) electrons. The molecule has 0 fully saturated rings. The molecule has 1 atom stereocenters. The Labute approximate surface area is 158 Å². The van der Waals surface area contributed by atoms with Crippen LogP contribution < -0.4 is 0 Å². The molecule has 3 aromatic rings. The molecule has 1 N–H and O–H groups in total. The highest BCUT2D eigenvalue weighted by Crippen LogP contribution is 2.20. The van der Waals surface area contributed by atoms with Gasteiger partial charge in [-0.05, 0) is 48.2 Å². The predicted octanol–water partition coefficient (Wildman–Crippen LogP) is 4.31. The number of hydrogen-bond donors (Lipinski definition) is 1. The van der Waals surface area contributed by atoms with Crippen LogP contribution in [0.25, 0.3) is 0 Å². The lowest BCUT2D eigenvalue weighted by molar-refractivity contribution is 0.232. The van der Waals surface area contributed by atoms with E-state index in [1.54, 1.807) is 12.1 Å². The van der Waals surface area contributed by atoms with Crippen molar-refractivity contribution in [2.24, 2.45) is 0 Å². The van der Waals surface area contributed by atoms with Gasteiger partial charge in [0.25, 0.3) is 0 Å². The van der Waals surface area contributed by atoms with Gasteiger partial charge in [0.2, 0.25) is 0 Å². The second-order valence-electron chi connectivity index (χ2n) is 5.60. The van der Waals surface area contributed by atoms with Gasteiger partial charge in [-0.2, -0.15) is 0 Å². The van der Waals surface area contributed by atoms with E-state index >= 15 is 0 Å². The van der Waals surface area contributed by atoms with Gasteiger partial charge in [-0.15, -0.1) is 0 Å². The van der Waals surface area contributed by atoms with Crippen LogP contribution in [0.1, 0.15) is 28.4 Å². The van der Waals surface area contributed by atoms with Crippen LogP contribution in [0.3, 0.4) is 0 Å². The van der Waals surface area contributed by atoms with Crippen LogP contribution in [0, 0.1) is 41.3 Å². The number of hydrogen-bond acceptors (Lipinski definition) is 1. The van der Waals surface area contributed by atoms with Crippen molar-refractivity contribution in [1.82, 2.24) is 0 Å². The van der Waals surface area contributed by atoms with Crippen molar-refractivity contribution in [3.8, 4) is 35.5 Å². The highest BCUT2D eigenvalue weighted by Gasteiger charge is 2.14. The topological polar surface area (TPSA) is 20.2 Å². The van der Waals surface area contributed by atoms with Gasteiger partial charge < -0.3 is 5.11 Å². The summed E-state index contributed by atoms with van der Waals surface area (Å²) in [4.78, 5) is 0. The van der Waals surface area contributed by atoms with E-state index in [4.69, 9.17) is 0 Å². The first-order chi connectivity index (χ1) is 13.2. The Kier molecular flexibility index (Phi) is 6.06. The van der Waals surface area contributed by atoms with E-state index in [0.717, 1.165) is 11.1 Å². The van der Waals surface area contributed by atoms with E-state index in [-0.39, 0.29) is 5.56 Å². The Morgan fingerprint density at radius 2 is 1.30 bits per heavy atom. The highest BCUT2D eigenvalue weighted by molar-refractivity contribution is 5.49. The number of aliphatic hydroxyl groups excluding tert-OH is 1. The predicted molar refractivity (Wildman–Crippen MR) is 105 cm³/mol. The zero-order valence-corrected chi connectivity index (χ0v) is 14.4. The lowest BCUT2D eigenvalue weighted by Crippen LogP contribution is -2.01. The van der Waals surface area contributed by atoms with Crippen LogP contribution in [-0.2, 0) is 0 Å². The molecular weight excluding hydrogens is 335 g/mol. The number of aliphatic hydroxyl groups is 1. The molecule has 1 nitrogen and oxygen atoms in total. The zero-order valence-electron chi connectivity index (χ0n) is 14.4. The Morgan fingerprint density at radius 3 is 1.96 bits per heavy atom. The average molecular weight is 350 g/mol. The Hall–Kier alpha value is -3.77. The molecule has 3 rings (SSSR count). The zero-order chi connectivity index (χ0) is 18.9. The van der Waals surface area contributed by atoms with E-state index in [0.29, 0.717) is 5.56 Å². The average Bonchev–Trinajstić information content (AvgIpc) is 2.71. The molecule has 0 aromatic heterocycles. The monoisotopic (exact) mass is 350 g/mol. The molecule has 27 heavy (non-hydrogen) atoms. The third-order valence-electron chi connectivity index (χ3n) is 3.69. The smallest absolute Gasteiger partial charge is 0.145 e. The highest BCUT2D eigenvalue weighted by atomic mass is 19.1. The van der Waals surface area contributed by atoms with Gasteiger partial charge in [0, 0.05) is 22.3 Å². The van der Waals surface area contributed by atoms with E-state index < -0.39 is 11.9 Å². The third-order valence-corrected chi connectivity index (χ3v) is 3.69. The first-order valence-corrected chi connectivity index (χ1v) is 8.34. The molecule has 3 aromatic carbocycles. The number of benzene rings is 3. The Balaban J connectivity index is 1.86. The van der Waals surface area contributed by atoms with Gasteiger partial charge in [0.05, 0.1) is 0 Å². The minimum Gasteiger partial charge on any atom is -0.376 e. The van der Waals surface area contributed by atoms with Gasteiger partial charge >= 0.3 is 0 Å². The van der Waals surface area contributed by atoms with E-state index in [2.05, 4.69) is 35.5 Å². The van der Waals surface area contributed by atoms with Crippen LogP contribution in [0.2, 0.25) is 0 Å². The van der Waals surface area contributed by atoms with Crippen molar-refractivity contribution in [1.29, 1.82) is 0 Å². The summed E-state index contributed by atoms with van der Waals surface area (Å²) < 4.78 is 14.3. The fourth-order valence-electron chi connectivity index (χ4n) is 2.39. The maximum atomic E-state index is 14.3. The Morgan fingerprint density at radius 1 is 0.667 bits per heavy atom. The van der Waals surface area contributed by atoms with Crippen molar-refractivity contribution in [3.05, 3.63) is 107 Å². The summed E-state index contributed by atoms with van der Waals surface area (Å²) in [5.41, 5.74) is 2.09. The third kappa shape index (κ3) is 5.10. The Bertz CT molecular complexity index is 1100. The van der Waals surface area contributed by atoms with Crippen molar-refractivity contribution >= 4 is 0 Å². The molecule has 0 saturated heterocycles. The summed E-state index contributed by atoms with van der Waals surface area (Å²) in [5.74, 6) is 16.0. The van der Waals surface area contributed by atoms with Gasteiger partial charge in [0.15, 0.2) is 0 Å². The van der Waals surface area contributed by atoms with Gasteiger partial charge in [-0.1, -0.05) is 66.1 Å². The molecule has 2 heteroatoms. The summed E-state index contributed by atoms with van der Waals surface area (Å²) in [6.45, 7) is 0. The van der Waals surface area contributed by atoms with Crippen LogP contribution in [-0.4, -0.2) is 5.11 Å². The molecular formula is C25H15FO. The maximum Gasteiger partial charge on any atom is 0.145 e. The minimum absolute atomic E-state index is 0.0648. The molecule has 0 aliphatic heterocycles. The molecule has 0 heterocycles. The molecule has 0 spiro atoms. The summed E-state index contributed by atoms with van der Waals surface area (Å²) in [7, 11) is 0. The van der Waals surface area contributed by atoms with Gasteiger partial charge in [-0.25, -0.2) is 4.39 Å². The van der Waals surface area contributed by atoms with E-state index in [1.807, 2.05) is 60.7 Å². The summed E-state index contributed by atoms with van der Waals surface area (Å²) in [6, 6.07) is 23.3. The quantitative estimate of drug-likeness (QED) is 0.648. The SMILES string of the molecule is OC(C#CC#Cc1ccccc1)c1c(F)cccc1C#Cc1ccccc1. The van der Waals surface area contributed by atoms with Gasteiger partial charge in [-0.3, -0.25) is 0 Å². The molecule has 128 valence electrons. The lowest BCUT2D eigenvalue weighted by Gasteiger charge is -2.08. The molecule has 0 aliphatic carbocycles. The largest absolute Gasteiger partial charge is 0.376 e. The fraction of sp³-hybridized carbons (Fsp3) is 0.0400. The summed E-state index contributed by atoms with van der Waals surface area (Å²) in [6.07, 6.45) is -1.31. The van der Waals surface area contributed by atoms with Crippen LogP contribution in [0.4, 0.5) is 4.39 Å². The maximum absolute atomic E-state index is 14.3. The van der Waals surface area contributed by atoms with Crippen LogP contribution >= 0.6 is 0 Å². The van der Waals surface area contributed by atoms with Crippen molar-refractivity contribution in [2.75, 3.05) is 0 Å². The second kappa shape index (κ2) is 9.07. The first kappa shape index (κ1) is 18.0. The van der Waals surface area contributed by atoms with E-state index in [9.17, 15) is 9.50 Å². The standard InChI is InChI=1S/C25H15FO/c26-23-16-9-15-22(19-18-21-12-5-2-6-13-21)25(23)24(27)17-8-7-14-20-10-3-1-4-11-20/h1-6,9-13,15-16,24,27H. The molecule has 0 aliphatic rings. The lowest BCUT2D eigenvalue weighted by atomic mass is 10.0. The number of halogens is 1. The van der Waals surface area contributed by atoms with Crippen LogP contribution in [0.5, 0.6) is 0 Å². The van der Waals surface area contributed by atoms with Crippen molar-refractivity contribution < 1.29 is 9.50 Å². The summed E-state index contributed by atoms with van der Waals surface area (Å²) >= 11 is 0. The minimum atomic E-state index is -1.31. The fourth-order valence-corrected chi connectivity index (χ4v) is 2.39. The first-order valence-electron chi connectivity index (χ1n) is 8.34. The van der Waals surface area contributed by atoms with Crippen molar-refractivity contribution in [3.63, 3.8) is 0 Å².